The molecule has 0 aromatic rings. The molecule has 64 valence electrons. The molecular formula is C7H13NO2S. The highest BCUT2D eigenvalue weighted by Crippen LogP contribution is 2.19. The van der Waals surface area contributed by atoms with Gasteiger partial charge in [-0.1, -0.05) is 25.6 Å². The first kappa shape index (κ1) is 10.5. The summed E-state index contributed by atoms with van der Waals surface area (Å²) in [4.78, 5) is 21.3. The monoisotopic (exact) mass is 175 g/mol. The molecule has 0 aliphatic rings. The minimum atomic E-state index is -0.416. The van der Waals surface area contributed by atoms with Gasteiger partial charge in [-0.05, 0) is 5.92 Å². The van der Waals surface area contributed by atoms with Crippen LogP contribution in [0.2, 0.25) is 0 Å². The highest BCUT2D eigenvalue weighted by molar-refractivity contribution is 8.14. The molecule has 11 heavy (non-hydrogen) atoms. The van der Waals surface area contributed by atoms with Crippen molar-refractivity contribution in [3.8, 4) is 0 Å². The zero-order valence-corrected chi connectivity index (χ0v) is 7.77. The van der Waals surface area contributed by atoms with Gasteiger partial charge in [0.2, 0.25) is 5.91 Å². The molecule has 0 radical (unpaired) electrons. The van der Waals surface area contributed by atoms with Gasteiger partial charge in [0.1, 0.15) is 0 Å². The van der Waals surface area contributed by atoms with E-state index in [1.54, 1.807) is 0 Å². The number of nitrogens with two attached hydrogens (primary N) is 1. The quantitative estimate of drug-likeness (QED) is 0.689. The fourth-order valence-corrected chi connectivity index (χ4v) is 1.45. The lowest BCUT2D eigenvalue weighted by molar-refractivity contribution is -0.118. The number of primary amides is 1. The van der Waals surface area contributed by atoms with Crippen LogP contribution in [0.25, 0.3) is 0 Å². The third kappa shape index (κ3) is 4.03. The number of rotatable bonds is 3. The van der Waals surface area contributed by atoms with Crippen molar-refractivity contribution in [1.82, 2.24) is 0 Å². The van der Waals surface area contributed by atoms with E-state index in [1.807, 2.05) is 13.8 Å². The Bertz CT molecular complexity index is 168. The van der Waals surface area contributed by atoms with Gasteiger partial charge < -0.3 is 5.73 Å². The number of thioether (sulfide) groups is 1. The predicted molar refractivity (Wildman–Crippen MR) is 46.1 cm³/mol. The van der Waals surface area contributed by atoms with E-state index in [-0.39, 0.29) is 16.3 Å². The Hall–Kier alpha value is -0.510. The Morgan fingerprint density at radius 1 is 1.36 bits per heavy atom. The van der Waals surface area contributed by atoms with E-state index in [4.69, 9.17) is 5.73 Å². The fraction of sp³-hybridized carbons (Fsp3) is 0.714. The molecule has 3 nitrogen and oxygen atoms in total. The second kappa shape index (κ2) is 4.38. The van der Waals surface area contributed by atoms with Crippen molar-refractivity contribution in [3.05, 3.63) is 0 Å². The molecule has 1 atom stereocenters. The molecule has 0 fully saturated rings. The van der Waals surface area contributed by atoms with Crippen molar-refractivity contribution in [2.75, 3.05) is 0 Å². The van der Waals surface area contributed by atoms with Gasteiger partial charge >= 0.3 is 0 Å². The second-order valence-corrected chi connectivity index (χ2v) is 3.99. The Kier molecular flexibility index (Phi) is 4.18. The van der Waals surface area contributed by atoms with Gasteiger partial charge in [0.05, 0.1) is 5.25 Å². The van der Waals surface area contributed by atoms with Gasteiger partial charge in [0.15, 0.2) is 5.12 Å². The Balaban J connectivity index is 4.12. The Labute approximate surface area is 70.7 Å². The second-order valence-electron chi connectivity index (χ2n) is 2.68. The molecular weight excluding hydrogens is 162 g/mol. The summed E-state index contributed by atoms with van der Waals surface area (Å²) in [6.45, 7) is 5.17. The summed E-state index contributed by atoms with van der Waals surface area (Å²) >= 11 is 1.00. The van der Waals surface area contributed by atoms with Crippen molar-refractivity contribution in [1.29, 1.82) is 0 Å². The largest absolute Gasteiger partial charge is 0.369 e. The summed E-state index contributed by atoms with van der Waals surface area (Å²) in [6.07, 6.45) is 0. The molecule has 0 heterocycles. The molecule has 0 aliphatic carbocycles. The smallest absolute Gasteiger partial charge is 0.231 e. The van der Waals surface area contributed by atoms with Crippen LogP contribution in [0, 0.1) is 5.92 Å². The number of carbonyl (C=O) groups is 2. The molecule has 2 N–H and O–H groups in total. The summed E-state index contributed by atoms with van der Waals surface area (Å²) in [7, 11) is 0. The lowest BCUT2D eigenvalue weighted by Crippen LogP contribution is -2.30. The zero-order valence-electron chi connectivity index (χ0n) is 6.96. The van der Waals surface area contributed by atoms with Crippen LogP contribution in [0.15, 0.2) is 0 Å². The minimum absolute atomic E-state index is 0.0671. The van der Waals surface area contributed by atoms with Crippen LogP contribution in [0.3, 0.4) is 0 Å². The molecule has 0 saturated carbocycles. The molecule has 0 spiro atoms. The average Bonchev–Trinajstić information content (AvgIpc) is 1.81. The number of hydrogen-bond donors (Lipinski definition) is 1. The SMILES string of the molecule is CC(=O)S[C@@H](C(N)=O)C(C)C. The van der Waals surface area contributed by atoms with Gasteiger partial charge in [0, 0.05) is 6.92 Å². The lowest BCUT2D eigenvalue weighted by Gasteiger charge is -2.13. The Morgan fingerprint density at radius 2 is 1.82 bits per heavy atom. The summed E-state index contributed by atoms with van der Waals surface area (Å²) < 4.78 is 0. The van der Waals surface area contributed by atoms with E-state index in [1.165, 1.54) is 6.92 Å². The maximum Gasteiger partial charge on any atom is 0.231 e. The third-order valence-electron chi connectivity index (χ3n) is 1.18. The topological polar surface area (TPSA) is 60.2 Å². The van der Waals surface area contributed by atoms with Crippen LogP contribution >= 0.6 is 11.8 Å². The first-order valence-corrected chi connectivity index (χ1v) is 4.29. The van der Waals surface area contributed by atoms with Crippen LogP contribution in [0.4, 0.5) is 0 Å². The van der Waals surface area contributed by atoms with Gasteiger partial charge in [0.25, 0.3) is 0 Å². The van der Waals surface area contributed by atoms with Crippen LogP contribution in [-0.4, -0.2) is 16.3 Å². The molecule has 1 amide bonds. The van der Waals surface area contributed by atoms with E-state index in [0.29, 0.717) is 0 Å². The highest BCUT2D eigenvalue weighted by Gasteiger charge is 2.21. The van der Waals surface area contributed by atoms with E-state index in [0.717, 1.165) is 11.8 Å². The average molecular weight is 175 g/mol. The van der Waals surface area contributed by atoms with Crippen LogP contribution in [0.1, 0.15) is 20.8 Å². The Morgan fingerprint density at radius 3 is 1.91 bits per heavy atom. The van der Waals surface area contributed by atoms with E-state index >= 15 is 0 Å². The molecule has 0 rings (SSSR count). The number of carbonyl (C=O) groups excluding carboxylic acids is 2. The highest BCUT2D eigenvalue weighted by atomic mass is 32.2. The molecule has 0 saturated heterocycles. The summed E-state index contributed by atoms with van der Waals surface area (Å²) in [5, 5.41) is -0.449. The summed E-state index contributed by atoms with van der Waals surface area (Å²) in [6, 6.07) is 0. The fourth-order valence-electron chi connectivity index (χ4n) is 0.701. The standard InChI is InChI=1S/C7H13NO2S/c1-4(2)6(7(8)10)11-5(3)9/h4,6H,1-3H3,(H2,8,10)/t6-/m1/s1. The summed E-state index contributed by atoms with van der Waals surface area (Å²) in [5.41, 5.74) is 5.07. The molecule has 0 aliphatic heterocycles. The van der Waals surface area contributed by atoms with Gasteiger partial charge in [-0.3, -0.25) is 9.59 Å². The van der Waals surface area contributed by atoms with Gasteiger partial charge in [-0.2, -0.15) is 0 Å². The lowest BCUT2D eigenvalue weighted by atomic mass is 10.1. The van der Waals surface area contributed by atoms with Crippen LogP contribution in [0.5, 0.6) is 0 Å². The van der Waals surface area contributed by atoms with Crippen molar-refractivity contribution in [2.45, 2.75) is 26.0 Å². The number of hydrogen-bond acceptors (Lipinski definition) is 3. The molecule has 0 aromatic carbocycles. The maximum atomic E-state index is 10.7. The number of amides is 1. The first-order valence-electron chi connectivity index (χ1n) is 3.41. The maximum absolute atomic E-state index is 10.7. The predicted octanol–water partition coefficient (Wildman–Crippen LogP) is 0.776. The van der Waals surface area contributed by atoms with E-state index in [9.17, 15) is 9.59 Å². The van der Waals surface area contributed by atoms with Crippen molar-refractivity contribution >= 4 is 22.8 Å². The van der Waals surface area contributed by atoms with Crippen molar-refractivity contribution in [3.63, 3.8) is 0 Å². The molecule has 0 unspecified atom stereocenters. The van der Waals surface area contributed by atoms with Crippen LogP contribution in [-0.2, 0) is 9.59 Å². The normalized spacial score (nSPS) is 13.1. The third-order valence-corrected chi connectivity index (χ3v) is 2.54. The van der Waals surface area contributed by atoms with Gasteiger partial charge in [-0.15, -0.1) is 0 Å². The van der Waals surface area contributed by atoms with E-state index < -0.39 is 5.91 Å². The summed E-state index contributed by atoms with van der Waals surface area (Å²) in [5.74, 6) is -0.304. The molecule has 0 aromatic heterocycles. The minimum Gasteiger partial charge on any atom is -0.369 e. The van der Waals surface area contributed by atoms with Gasteiger partial charge in [-0.25, -0.2) is 0 Å². The van der Waals surface area contributed by atoms with Crippen molar-refractivity contribution < 1.29 is 9.59 Å². The molecule has 0 bridgehead atoms. The van der Waals surface area contributed by atoms with Crippen molar-refractivity contribution in [2.24, 2.45) is 11.7 Å². The van der Waals surface area contributed by atoms with Crippen LogP contribution < -0.4 is 5.73 Å². The first-order chi connectivity index (χ1) is 4.95. The zero-order chi connectivity index (χ0) is 9.02. The molecule has 4 heteroatoms. The van der Waals surface area contributed by atoms with E-state index in [2.05, 4.69) is 0 Å².